The van der Waals surface area contributed by atoms with Crippen molar-refractivity contribution in [2.24, 2.45) is 0 Å². The fourth-order valence-corrected chi connectivity index (χ4v) is 3.51. The van der Waals surface area contributed by atoms with Crippen molar-refractivity contribution in [1.29, 1.82) is 0 Å². The molecule has 0 fully saturated rings. The smallest absolute Gasteiger partial charge is 0.270 e. The summed E-state index contributed by atoms with van der Waals surface area (Å²) >= 11 is 6.03. The number of carbonyl (C=O) groups excluding carboxylic acids is 1. The summed E-state index contributed by atoms with van der Waals surface area (Å²) in [5, 5.41) is 13.7. The van der Waals surface area contributed by atoms with Gasteiger partial charge in [-0.05, 0) is 29.3 Å². The molecule has 8 heteroatoms. The van der Waals surface area contributed by atoms with Crippen LogP contribution in [0.2, 0.25) is 5.02 Å². The number of carbonyl (C=O) groups is 1. The normalized spacial score (nSPS) is 10.8. The van der Waals surface area contributed by atoms with Crippen molar-refractivity contribution in [2.45, 2.75) is 13.1 Å². The van der Waals surface area contributed by atoms with Crippen LogP contribution >= 0.6 is 11.6 Å². The number of rotatable bonds is 6. The maximum absolute atomic E-state index is 12.4. The van der Waals surface area contributed by atoms with E-state index in [1.807, 2.05) is 54.9 Å². The molecule has 0 saturated heterocycles. The third kappa shape index (κ3) is 4.16. The van der Waals surface area contributed by atoms with Gasteiger partial charge in [-0.3, -0.25) is 14.9 Å². The van der Waals surface area contributed by atoms with Crippen LogP contribution in [0.5, 0.6) is 0 Å². The lowest BCUT2D eigenvalue weighted by Gasteiger charge is -2.09. The van der Waals surface area contributed by atoms with E-state index in [9.17, 15) is 14.9 Å². The number of para-hydroxylation sites is 2. The molecule has 0 radical (unpaired) electrons. The molecule has 0 spiro atoms. The van der Waals surface area contributed by atoms with Gasteiger partial charge in [0.25, 0.3) is 11.6 Å². The summed E-state index contributed by atoms with van der Waals surface area (Å²) in [6.45, 7) is 0.973. The van der Waals surface area contributed by atoms with Crippen LogP contribution < -0.4 is 5.32 Å². The predicted octanol–water partition coefficient (Wildman–Crippen LogP) is 4.58. The van der Waals surface area contributed by atoms with Gasteiger partial charge >= 0.3 is 0 Å². The Morgan fingerprint density at radius 2 is 1.87 bits per heavy atom. The van der Waals surface area contributed by atoms with Crippen molar-refractivity contribution in [1.82, 2.24) is 14.9 Å². The molecular formula is C22H17ClN4O3. The van der Waals surface area contributed by atoms with Gasteiger partial charge in [-0.2, -0.15) is 0 Å². The molecule has 3 aromatic carbocycles. The van der Waals surface area contributed by atoms with Crippen LogP contribution in [0.4, 0.5) is 5.69 Å². The van der Waals surface area contributed by atoms with Crippen molar-refractivity contribution in [3.8, 4) is 0 Å². The van der Waals surface area contributed by atoms with Crippen molar-refractivity contribution < 1.29 is 9.72 Å². The lowest BCUT2D eigenvalue weighted by Crippen LogP contribution is -2.23. The van der Waals surface area contributed by atoms with Crippen molar-refractivity contribution in [3.05, 3.63) is 105 Å². The Hall–Kier alpha value is -3.71. The van der Waals surface area contributed by atoms with Gasteiger partial charge in [0.1, 0.15) is 0 Å². The molecule has 0 bridgehead atoms. The average Bonchev–Trinajstić information content (AvgIpc) is 3.15. The maximum Gasteiger partial charge on any atom is 0.270 e. The molecule has 4 aromatic rings. The number of nitrogens with one attached hydrogen (secondary N) is 1. The van der Waals surface area contributed by atoms with Crippen molar-refractivity contribution >= 4 is 34.2 Å². The van der Waals surface area contributed by atoms with Gasteiger partial charge in [0.05, 0.1) is 32.9 Å². The van der Waals surface area contributed by atoms with E-state index < -0.39 is 4.92 Å². The molecule has 0 unspecified atom stereocenters. The highest BCUT2D eigenvalue weighted by atomic mass is 35.5. The third-order valence-corrected chi connectivity index (χ3v) is 5.05. The zero-order valence-electron chi connectivity index (χ0n) is 15.8. The fourth-order valence-electron chi connectivity index (χ4n) is 3.25. The number of nitro benzene ring substituents is 1. The molecule has 0 aliphatic rings. The second-order valence-electron chi connectivity index (χ2n) is 6.79. The number of non-ortho nitro benzene ring substituents is 1. The lowest BCUT2D eigenvalue weighted by atomic mass is 10.1. The fraction of sp³-hybridized carbons (Fsp3) is 0.0909. The molecular weight excluding hydrogens is 404 g/mol. The number of hydrogen-bond acceptors (Lipinski definition) is 4. The van der Waals surface area contributed by atoms with E-state index in [0.29, 0.717) is 13.1 Å². The van der Waals surface area contributed by atoms with Gasteiger partial charge in [-0.1, -0.05) is 48.0 Å². The standard InChI is InChI=1S/C22H17ClN4O3/c23-19-11-17(27(29)30)8-9-18(19)22(28)24-12-15-4-3-5-16(10-15)13-26-14-25-20-6-1-2-7-21(20)26/h1-11,14H,12-13H2,(H,24,28). The number of hydrogen-bond donors (Lipinski definition) is 1. The van der Waals surface area contributed by atoms with Crippen LogP contribution in [0, 0.1) is 10.1 Å². The minimum absolute atomic E-state index is 0.0439. The van der Waals surface area contributed by atoms with Crippen LogP contribution in [0.25, 0.3) is 11.0 Å². The Labute approximate surface area is 177 Å². The number of halogens is 1. The summed E-state index contributed by atoms with van der Waals surface area (Å²) in [4.78, 5) is 27.1. The number of fused-ring (bicyclic) bond motifs is 1. The molecule has 1 amide bonds. The quantitative estimate of drug-likeness (QED) is 0.365. The minimum Gasteiger partial charge on any atom is -0.348 e. The molecule has 0 aliphatic heterocycles. The van der Waals surface area contributed by atoms with Gasteiger partial charge in [-0.15, -0.1) is 0 Å². The second kappa shape index (κ2) is 8.34. The molecule has 7 nitrogen and oxygen atoms in total. The Kier molecular flexibility index (Phi) is 5.45. The number of amides is 1. The average molecular weight is 421 g/mol. The van der Waals surface area contributed by atoms with E-state index in [1.54, 1.807) is 0 Å². The Balaban J connectivity index is 1.44. The highest BCUT2D eigenvalue weighted by Gasteiger charge is 2.14. The number of benzene rings is 3. The van der Waals surface area contributed by atoms with Gasteiger partial charge in [0.15, 0.2) is 0 Å². The molecule has 1 heterocycles. The summed E-state index contributed by atoms with van der Waals surface area (Å²) < 4.78 is 2.07. The first-order chi connectivity index (χ1) is 14.5. The van der Waals surface area contributed by atoms with Crippen LogP contribution in [-0.4, -0.2) is 20.4 Å². The van der Waals surface area contributed by atoms with E-state index in [0.717, 1.165) is 22.2 Å². The van der Waals surface area contributed by atoms with Crippen molar-refractivity contribution in [3.63, 3.8) is 0 Å². The number of imidazole rings is 1. The van der Waals surface area contributed by atoms with Crippen LogP contribution in [-0.2, 0) is 13.1 Å². The Bertz CT molecular complexity index is 1250. The van der Waals surface area contributed by atoms with Crippen LogP contribution in [0.1, 0.15) is 21.5 Å². The number of nitro groups is 1. The topological polar surface area (TPSA) is 90.1 Å². The van der Waals surface area contributed by atoms with E-state index in [4.69, 9.17) is 11.6 Å². The monoisotopic (exact) mass is 420 g/mol. The molecule has 4 rings (SSSR count). The highest BCUT2D eigenvalue weighted by molar-refractivity contribution is 6.34. The second-order valence-corrected chi connectivity index (χ2v) is 7.19. The molecule has 0 atom stereocenters. The summed E-state index contributed by atoms with van der Waals surface area (Å²) in [6.07, 6.45) is 1.82. The van der Waals surface area contributed by atoms with Gasteiger partial charge in [0, 0.05) is 25.2 Å². The predicted molar refractivity (Wildman–Crippen MR) is 115 cm³/mol. The molecule has 30 heavy (non-hydrogen) atoms. The van der Waals surface area contributed by atoms with E-state index in [-0.39, 0.29) is 22.2 Å². The summed E-state index contributed by atoms with van der Waals surface area (Å²) in [6, 6.07) is 19.6. The first-order valence-corrected chi connectivity index (χ1v) is 9.59. The van der Waals surface area contributed by atoms with Crippen LogP contribution in [0.15, 0.2) is 73.1 Å². The first-order valence-electron chi connectivity index (χ1n) is 9.21. The molecule has 1 N–H and O–H groups in total. The Morgan fingerprint density at radius 1 is 1.07 bits per heavy atom. The zero-order valence-corrected chi connectivity index (χ0v) is 16.5. The maximum atomic E-state index is 12.4. The largest absolute Gasteiger partial charge is 0.348 e. The van der Waals surface area contributed by atoms with E-state index in [1.165, 1.54) is 18.2 Å². The van der Waals surface area contributed by atoms with Gasteiger partial charge < -0.3 is 9.88 Å². The molecule has 0 saturated carbocycles. The van der Waals surface area contributed by atoms with Gasteiger partial charge in [-0.25, -0.2) is 4.98 Å². The highest BCUT2D eigenvalue weighted by Crippen LogP contribution is 2.22. The van der Waals surface area contributed by atoms with Gasteiger partial charge in [0.2, 0.25) is 0 Å². The molecule has 1 aromatic heterocycles. The minimum atomic E-state index is -0.553. The Morgan fingerprint density at radius 3 is 2.67 bits per heavy atom. The summed E-state index contributed by atoms with van der Waals surface area (Å²) in [5.74, 6) is -0.388. The van der Waals surface area contributed by atoms with Crippen LogP contribution in [0.3, 0.4) is 0 Å². The summed E-state index contributed by atoms with van der Waals surface area (Å²) in [5.41, 5.74) is 4.06. The first kappa shape index (κ1) is 19.6. The van der Waals surface area contributed by atoms with E-state index in [2.05, 4.69) is 14.9 Å². The zero-order chi connectivity index (χ0) is 21.1. The van der Waals surface area contributed by atoms with Crippen molar-refractivity contribution in [2.75, 3.05) is 0 Å². The van der Waals surface area contributed by atoms with E-state index >= 15 is 0 Å². The number of aromatic nitrogens is 2. The molecule has 0 aliphatic carbocycles. The lowest BCUT2D eigenvalue weighted by molar-refractivity contribution is -0.384. The SMILES string of the molecule is O=C(NCc1cccc(Cn2cnc3ccccc32)c1)c1ccc([N+](=O)[O-])cc1Cl. The molecule has 150 valence electrons. The summed E-state index contributed by atoms with van der Waals surface area (Å²) in [7, 11) is 0. The third-order valence-electron chi connectivity index (χ3n) is 4.73. The number of nitrogens with zero attached hydrogens (tertiary/aromatic N) is 3.